The highest BCUT2D eigenvalue weighted by Gasteiger charge is 2.11. The Hall–Kier alpha value is -2.95. The molecule has 1 amide bonds. The van der Waals surface area contributed by atoms with Crippen LogP contribution >= 0.6 is 0 Å². The van der Waals surface area contributed by atoms with Gasteiger partial charge in [-0.25, -0.2) is 0 Å². The number of aryl methyl sites for hydroxylation is 3. The summed E-state index contributed by atoms with van der Waals surface area (Å²) < 4.78 is 5.21. The third-order valence-corrected chi connectivity index (χ3v) is 3.66. The first-order valence-corrected chi connectivity index (χ1v) is 7.77. The number of nitrogens with zero attached hydrogens (tertiary/aromatic N) is 2. The van der Waals surface area contributed by atoms with Gasteiger partial charge in [-0.3, -0.25) is 4.79 Å². The zero-order chi connectivity index (χ0) is 17.1. The number of amides is 1. The molecular formula is C19H19N3O2. The summed E-state index contributed by atoms with van der Waals surface area (Å²) in [4.78, 5) is 16.6. The van der Waals surface area contributed by atoms with Crippen LogP contribution in [0.5, 0.6) is 0 Å². The van der Waals surface area contributed by atoms with Gasteiger partial charge in [-0.05, 0) is 32.9 Å². The highest BCUT2D eigenvalue weighted by atomic mass is 16.5. The first-order valence-electron chi connectivity index (χ1n) is 7.77. The van der Waals surface area contributed by atoms with Gasteiger partial charge in [0.2, 0.25) is 11.7 Å². The Balaban J connectivity index is 1.67. The van der Waals surface area contributed by atoms with Crippen LogP contribution in [0, 0.1) is 20.8 Å². The van der Waals surface area contributed by atoms with Gasteiger partial charge in [0.05, 0.1) is 6.54 Å². The Bertz CT molecular complexity index is 846. The average molecular weight is 321 g/mol. The lowest BCUT2D eigenvalue weighted by Gasteiger charge is -2.05. The van der Waals surface area contributed by atoms with Gasteiger partial charge in [-0.15, -0.1) is 0 Å². The standard InChI is InChI=1S/C19H19N3O2/c1-12-4-6-15(7-5-12)18-21-17(24-22-18)11-20-19(23)16-9-13(2)8-14(3)10-16/h4-10H,11H2,1-3H3,(H,20,23). The molecule has 0 radical (unpaired) electrons. The molecule has 0 spiro atoms. The fourth-order valence-corrected chi connectivity index (χ4v) is 2.51. The molecule has 5 nitrogen and oxygen atoms in total. The van der Waals surface area contributed by atoms with E-state index < -0.39 is 0 Å². The van der Waals surface area contributed by atoms with Crippen molar-refractivity contribution < 1.29 is 9.32 Å². The van der Waals surface area contributed by atoms with Crippen LogP contribution in [0.1, 0.15) is 32.9 Å². The first kappa shape index (κ1) is 15.9. The second-order valence-corrected chi connectivity index (χ2v) is 5.94. The molecule has 1 aromatic heterocycles. The second kappa shape index (κ2) is 6.66. The van der Waals surface area contributed by atoms with Crippen LogP contribution in [0.4, 0.5) is 0 Å². The number of carbonyl (C=O) groups excluding carboxylic acids is 1. The van der Waals surface area contributed by atoms with Crippen LogP contribution in [0.2, 0.25) is 0 Å². The van der Waals surface area contributed by atoms with Crippen LogP contribution < -0.4 is 5.32 Å². The lowest BCUT2D eigenvalue weighted by Crippen LogP contribution is -2.23. The number of benzene rings is 2. The molecule has 0 aliphatic carbocycles. The van der Waals surface area contributed by atoms with E-state index in [0.717, 1.165) is 16.7 Å². The summed E-state index contributed by atoms with van der Waals surface area (Å²) >= 11 is 0. The fourth-order valence-electron chi connectivity index (χ4n) is 2.51. The third-order valence-electron chi connectivity index (χ3n) is 3.66. The van der Waals surface area contributed by atoms with Crippen molar-refractivity contribution in [3.63, 3.8) is 0 Å². The maximum Gasteiger partial charge on any atom is 0.251 e. The van der Waals surface area contributed by atoms with Crippen LogP contribution in [-0.2, 0) is 6.54 Å². The first-order chi connectivity index (χ1) is 11.5. The summed E-state index contributed by atoms with van der Waals surface area (Å²) in [6.45, 7) is 6.16. The number of hydrogen-bond acceptors (Lipinski definition) is 4. The van der Waals surface area contributed by atoms with E-state index >= 15 is 0 Å². The van der Waals surface area contributed by atoms with Gasteiger partial charge in [0.25, 0.3) is 5.91 Å². The highest BCUT2D eigenvalue weighted by molar-refractivity contribution is 5.94. The number of aromatic nitrogens is 2. The lowest BCUT2D eigenvalue weighted by atomic mass is 10.1. The van der Waals surface area contributed by atoms with Crippen molar-refractivity contribution in [3.8, 4) is 11.4 Å². The van der Waals surface area contributed by atoms with E-state index in [1.54, 1.807) is 0 Å². The molecule has 0 bridgehead atoms. The van der Waals surface area contributed by atoms with Gasteiger partial charge < -0.3 is 9.84 Å². The van der Waals surface area contributed by atoms with E-state index in [-0.39, 0.29) is 12.5 Å². The molecule has 24 heavy (non-hydrogen) atoms. The van der Waals surface area contributed by atoms with E-state index in [0.29, 0.717) is 17.3 Å². The quantitative estimate of drug-likeness (QED) is 0.797. The molecule has 0 saturated heterocycles. The molecule has 0 atom stereocenters. The fraction of sp³-hybridized carbons (Fsp3) is 0.211. The normalized spacial score (nSPS) is 10.6. The summed E-state index contributed by atoms with van der Waals surface area (Å²) in [5.41, 5.74) is 4.80. The monoisotopic (exact) mass is 321 g/mol. The van der Waals surface area contributed by atoms with Gasteiger partial charge in [0, 0.05) is 11.1 Å². The molecule has 1 N–H and O–H groups in total. The minimum atomic E-state index is -0.156. The summed E-state index contributed by atoms with van der Waals surface area (Å²) in [6.07, 6.45) is 0. The molecular weight excluding hydrogens is 302 g/mol. The number of hydrogen-bond donors (Lipinski definition) is 1. The minimum Gasteiger partial charge on any atom is -0.343 e. The Labute approximate surface area is 140 Å². The molecule has 3 aromatic rings. The minimum absolute atomic E-state index is 0.156. The predicted octanol–water partition coefficient (Wildman–Crippen LogP) is 3.59. The van der Waals surface area contributed by atoms with Gasteiger partial charge in [-0.2, -0.15) is 4.98 Å². The Morgan fingerprint density at radius 3 is 2.33 bits per heavy atom. The second-order valence-electron chi connectivity index (χ2n) is 5.94. The van der Waals surface area contributed by atoms with E-state index in [1.165, 1.54) is 5.56 Å². The molecule has 5 heteroatoms. The van der Waals surface area contributed by atoms with Crippen LogP contribution in [0.3, 0.4) is 0 Å². The van der Waals surface area contributed by atoms with Crippen LogP contribution in [-0.4, -0.2) is 16.0 Å². The maximum absolute atomic E-state index is 12.2. The topological polar surface area (TPSA) is 68.0 Å². The Kier molecular flexibility index (Phi) is 4.42. The summed E-state index contributed by atoms with van der Waals surface area (Å²) in [5.74, 6) is 0.742. The molecule has 122 valence electrons. The molecule has 0 aliphatic heterocycles. The van der Waals surface area contributed by atoms with Crippen molar-refractivity contribution in [1.29, 1.82) is 0 Å². The number of nitrogens with one attached hydrogen (secondary N) is 1. The SMILES string of the molecule is Cc1ccc(-c2noc(CNC(=O)c3cc(C)cc(C)c3)n2)cc1. The summed E-state index contributed by atoms with van der Waals surface area (Å²) in [6, 6.07) is 13.6. The molecule has 3 rings (SSSR count). The molecule has 0 unspecified atom stereocenters. The number of carbonyl (C=O) groups is 1. The van der Waals surface area contributed by atoms with Crippen LogP contribution in [0.15, 0.2) is 47.0 Å². The van der Waals surface area contributed by atoms with Crippen molar-refractivity contribution in [2.24, 2.45) is 0 Å². The van der Waals surface area contributed by atoms with Gasteiger partial charge in [-0.1, -0.05) is 52.2 Å². The Morgan fingerprint density at radius 2 is 1.67 bits per heavy atom. The van der Waals surface area contributed by atoms with Gasteiger partial charge >= 0.3 is 0 Å². The average Bonchev–Trinajstić information content (AvgIpc) is 3.01. The zero-order valence-corrected chi connectivity index (χ0v) is 14.0. The van der Waals surface area contributed by atoms with E-state index in [1.807, 2.05) is 63.2 Å². The highest BCUT2D eigenvalue weighted by Crippen LogP contribution is 2.16. The van der Waals surface area contributed by atoms with Crippen molar-refractivity contribution in [2.75, 3.05) is 0 Å². The molecule has 0 aliphatic rings. The van der Waals surface area contributed by atoms with Crippen LogP contribution in [0.25, 0.3) is 11.4 Å². The van der Waals surface area contributed by atoms with Crippen molar-refractivity contribution >= 4 is 5.91 Å². The smallest absolute Gasteiger partial charge is 0.251 e. The van der Waals surface area contributed by atoms with Crippen molar-refractivity contribution in [2.45, 2.75) is 27.3 Å². The van der Waals surface area contributed by atoms with Gasteiger partial charge in [0.15, 0.2) is 0 Å². The Morgan fingerprint density at radius 1 is 1.00 bits per heavy atom. The summed E-state index contributed by atoms with van der Waals surface area (Å²) in [5, 5.41) is 6.77. The van der Waals surface area contributed by atoms with Gasteiger partial charge in [0.1, 0.15) is 0 Å². The third kappa shape index (κ3) is 3.68. The van der Waals surface area contributed by atoms with E-state index in [2.05, 4.69) is 15.5 Å². The lowest BCUT2D eigenvalue weighted by molar-refractivity contribution is 0.0946. The number of rotatable bonds is 4. The maximum atomic E-state index is 12.2. The van der Waals surface area contributed by atoms with E-state index in [4.69, 9.17) is 4.52 Å². The molecule has 0 fully saturated rings. The van der Waals surface area contributed by atoms with Crippen molar-refractivity contribution in [3.05, 3.63) is 70.6 Å². The largest absolute Gasteiger partial charge is 0.343 e. The summed E-state index contributed by atoms with van der Waals surface area (Å²) in [7, 11) is 0. The van der Waals surface area contributed by atoms with E-state index in [9.17, 15) is 4.79 Å². The molecule has 1 heterocycles. The molecule has 0 saturated carbocycles. The molecule has 2 aromatic carbocycles. The predicted molar refractivity (Wildman–Crippen MR) is 91.6 cm³/mol. The van der Waals surface area contributed by atoms with Crippen molar-refractivity contribution in [1.82, 2.24) is 15.5 Å². The zero-order valence-electron chi connectivity index (χ0n) is 14.0.